The first-order chi connectivity index (χ1) is 11.1. The minimum absolute atomic E-state index is 0.0155. The third-order valence-electron chi connectivity index (χ3n) is 4.06. The molecule has 2 aromatic rings. The Morgan fingerprint density at radius 2 is 2.17 bits per heavy atom. The van der Waals surface area contributed by atoms with Crippen LogP contribution in [-0.2, 0) is 6.54 Å². The van der Waals surface area contributed by atoms with Crippen molar-refractivity contribution in [2.45, 2.75) is 38.8 Å². The number of likely N-dealkylation sites (tertiary alicyclic amines) is 1. The van der Waals surface area contributed by atoms with Gasteiger partial charge in [-0.15, -0.1) is 0 Å². The van der Waals surface area contributed by atoms with Gasteiger partial charge in [-0.1, -0.05) is 12.1 Å². The van der Waals surface area contributed by atoms with Gasteiger partial charge >= 0.3 is 6.03 Å². The molecule has 23 heavy (non-hydrogen) atoms. The third-order valence-corrected chi connectivity index (χ3v) is 4.06. The number of carbonyl (C=O) groups is 1. The highest BCUT2D eigenvalue weighted by molar-refractivity contribution is 5.74. The zero-order valence-electron chi connectivity index (χ0n) is 13.1. The lowest BCUT2D eigenvalue weighted by molar-refractivity contribution is 0.151. The van der Waals surface area contributed by atoms with Crippen molar-refractivity contribution in [1.82, 2.24) is 25.4 Å². The van der Waals surface area contributed by atoms with Gasteiger partial charge in [-0.25, -0.2) is 14.2 Å². The summed E-state index contributed by atoms with van der Waals surface area (Å²) in [6.45, 7) is 2.80. The number of aryl methyl sites for hydroxylation is 1. The topological polar surface area (TPSA) is 73.9 Å². The number of halogens is 1. The van der Waals surface area contributed by atoms with E-state index in [1.807, 2.05) is 11.8 Å². The Morgan fingerprint density at radius 3 is 2.87 bits per heavy atom. The molecule has 122 valence electrons. The number of nitrogens with one attached hydrogen (secondary N) is 2. The van der Waals surface area contributed by atoms with Crippen molar-refractivity contribution in [3.63, 3.8) is 0 Å². The Morgan fingerprint density at radius 1 is 1.39 bits per heavy atom. The van der Waals surface area contributed by atoms with Crippen LogP contribution in [0.5, 0.6) is 0 Å². The number of rotatable bonds is 3. The Labute approximate surface area is 134 Å². The van der Waals surface area contributed by atoms with Crippen LogP contribution < -0.4 is 5.32 Å². The van der Waals surface area contributed by atoms with E-state index in [9.17, 15) is 9.18 Å². The lowest BCUT2D eigenvalue weighted by atomic mass is 9.95. The quantitative estimate of drug-likeness (QED) is 0.914. The van der Waals surface area contributed by atoms with Gasteiger partial charge in [-0.3, -0.25) is 5.10 Å². The van der Waals surface area contributed by atoms with E-state index in [0.29, 0.717) is 12.4 Å². The molecule has 2 heterocycles. The van der Waals surface area contributed by atoms with Crippen LogP contribution in [0.2, 0.25) is 0 Å². The maximum Gasteiger partial charge on any atom is 0.318 e. The number of hydrogen-bond donors (Lipinski definition) is 2. The molecule has 1 aliphatic rings. The van der Waals surface area contributed by atoms with Crippen molar-refractivity contribution in [2.75, 3.05) is 6.54 Å². The molecule has 1 atom stereocenters. The number of nitrogens with zero attached hydrogens (tertiary/aromatic N) is 3. The molecule has 0 aliphatic carbocycles. The summed E-state index contributed by atoms with van der Waals surface area (Å²) in [6, 6.07) is 6.24. The minimum Gasteiger partial charge on any atom is -0.331 e. The summed E-state index contributed by atoms with van der Waals surface area (Å²) in [5.41, 5.74) is 0.968. The van der Waals surface area contributed by atoms with Gasteiger partial charge in [-0.05, 0) is 43.9 Å². The van der Waals surface area contributed by atoms with E-state index in [2.05, 4.69) is 20.5 Å². The number of urea groups is 1. The third kappa shape index (κ3) is 3.67. The average Bonchev–Trinajstić information content (AvgIpc) is 2.99. The number of H-pyrrole nitrogens is 1. The minimum atomic E-state index is -0.263. The smallest absolute Gasteiger partial charge is 0.318 e. The number of carbonyl (C=O) groups excluding carboxylic acids is 1. The number of amides is 2. The molecule has 0 spiro atoms. The first-order valence-electron chi connectivity index (χ1n) is 7.81. The molecular weight excluding hydrogens is 297 g/mol. The zero-order valence-corrected chi connectivity index (χ0v) is 13.1. The molecule has 0 radical (unpaired) electrons. The molecular formula is C16H20FN5O. The Kier molecular flexibility index (Phi) is 4.55. The van der Waals surface area contributed by atoms with Crippen molar-refractivity contribution >= 4 is 6.03 Å². The molecule has 6 nitrogen and oxygen atoms in total. The second-order valence-electron chi connectivity index (χ2n) is 5.75. The highest BCUT2D eigenvalue weighted by atomic mass is 19.1. The Hall–Kier alpha value is -2.44. The van der Waals surface area contributed by atoms with Crippen molar-refractivity contribution in [3.05, 3.63) is 47.3 Å². The van der Waals surface area contributed by atoms with E-state index in [1.54, 1.807) is 12.1 Å². The number of benzene rings is 1. The standard InChI is InChI=1S/C16H20FN5O/c1-11-19-15(21-20-11)10-18-16(23)22-9-3-2-4-14(22)12-5-7-13(17)8-6-12/h5-8,14H,2-4,9-10H2,1H3,(H,18,23)(H,19,20,21)/t14-/m1/s1. The molecule has 1 saturated heterocycles. The monoisotopic (exact) mass is 317 g/mol. The van der Waals surface area contributed by atoms with E-state index in [0.717, 1.165) is 30.7 Å². The summed E-state index contributed by atoms with van der Waals surface area (Å²) in [7, 11) is 0. The SMILES string of the molecule is Cc1nc(CNC(=O)N2CCCC[C@@H]2c2ccc(F)cc2)n[nH]1. The molecule has 7 heteroatoms. The van der Waals surface area contributed by atoms with Crippen LogP contribution in [0.1, 0.15) is 42.5 Å². The second-order valence-corrected chi connectivity index (χ2v) is 5.75. The van der Waals surface area contributed by atoms with Gasteiger partial charge in [0.1, 0.15) is 11.6 Å². The Bertz CT molecular complexity index is 669. The Balaban J connectivity index is 1.67. The van der Waals surface area contributed by atoms with Crippen LogP contribution in [-0.4, -0.2) is 32.7 Å². The van der Waals surface area contributed by atoms with Crippen LogP contribution in [0.3, 0.4) is 0 Å². The molecule has 0 unspecified atom stereocenters. The lowest BCUT2D eigenvalue weighted by Crippen LogP contribution is -2.44. The van der Waals surface area contributed by atoms with E-state index < -0.39 is 0 Å². The van der Waals surface area contributed by atoms with Gasteiger partial charge in [0.15, 0.2) is 5.82 Å². The highest BCUT2D eigenvalue weighted by Gasteiger charge is 2.27. The summed E-state index contributed by atoms with van der Waals surface area (Å²) >= 11 is 0. The van der Waals surface area contributed by atoms with Crippen LogP contribution in [0.15, 0.2) is 24.3 Å². The maximum atomic E-state index is 13.1. The van der Waals surface area contributed by atoms with Crippen molar-refractivity contribution in [2.24, 2.45) is 0 Å². The van der Waals surface area contributed by atoms with E-state index in [1.165, 1.54) is 12.1 Å². The van der Waals surface area contributed by atoms with Crippen LogP contribution in [0.4, 0.5) is 9.18 Å². The van der Waals surface area contributed by atoms with Crippen LogP contribution in [0.25, 0.3) is 0 Å². The molecule has 1 aromatic heterocycles. The number of piperidine rings is 1. The summed E-state index contributed by atoms with van der Waals surface area (Å²) in [5, 5.41) is 9.62. The van der Waals surface area contributed by atoms with Crippen LogP contribution >= 0.6 is 0 Å². The number of aromatic amines is 1. The predicted octanol–water partition coefficient (Wildman–Crippen LogP) is 2.69. The molecule has 1 aromatic carbocycles. The summed E-state index contributed by atoms with van der Waals surface area (Å²) in [4.78, 5) is 18.5. The molecule has 1 aliphatic heterocycles. The predicted molar refractivity (Wildman–Crippen MR) is 83.1 cm³/mol. The van der Waals surface area contributed by atoms with Gasteiger partial charge in [0.05, 0.1) is 12.6 Å². The largest absolute Gasteiger partial charge is 0.331 e. The van der Waals surface area contributed by atoms with Crippen molar-refractivity contribution < 1.29 is 9.18 Å². The molecule has 2 amide bonds. The van der Waals surface area contributed by atoms with Crippen LogP contribution in [0, 0.1) is 12.7 Å². The normalized spacial score (nSPS) is 18.0. The van der Waals surface area contributed by atoms with Crippen molar-refractivity contribution in [3.8, 4) is 0 Å². The number of hydrogen-bond acceptors (Lipinski definition) is 3. The summed E-state index contributed by atoms with van der Waals surface area (Å²) < 4.78 is 13.1. The molecule has 1 fully saturated rings. The van der Waals surface area contributed by atoms with Gasteiger partial charge in [-0.2, -0.15) is 5.10 Å². The zero-order chi connectivity index (χ0) is 16.2. The molecule has 3 rings (SSSR count). The first kappa shape index (κ1) is 15.5. The second kappa shape index (κ2) is 6.76. The fourth-order valence-corrected chi connectivity index (χ4v) is 2.93. The van der Waals surface area contributed by atoms with Crippen molar-refractivity contribution in [1.29, 1.82) is 0 Å². The first-order valence-corrected chi connectivity index (χ1v) is 7.81. The molecule has 0 bridgehead atoms. The summed E-state index contributed by atoms with van der Waals surface area (Å²) in [5.74, 6) is 1.02. The fourth-order valence-electron chi connectivity index (χ4n) is 2.93. The van der Waals surface area contributed by atoms with E-state index in [-0.39, 0.29) is 24.4 Å². The van der Waals surface area contributed by atoms with E-state index in [4.69, 9.17) is 0 Å². The lowest BCUT2D eigenvalue weighted by Gasteiger charge is -2.36. The fraction of sp³-hybridized carbons (Fsp3) is 0.438. The highest BCUT2D eigenvalue weighted by Crippen LogP contribution is 2.30. The van der Waals surface area contributed by atoms with E-state index >= 15 is 0 Å². The maximum absolute atomic E-state index is 13.1. The van der Waals surface area contributed by atoms with Gasteiger partial charge < -0.3 is 10.2 Å². The average molecular weight is 317 g/mol. The van der Waals surface area contributed by atoms with Gasteiger partial charge in [0.2, 0.25) is 0 Å². The van der Waals surface area contributed by atoms with Gasteiger partial charge in [0.25, 0.3) is 0 Å². The summed E-state index contributed by atoms with van der Waals surface area (Å²) in [6.07, 6.45) is 2.93. The number of aromatic nitrogens is 3. The molecule has 0 saturated carbocycles. The van der Waals surface area contributed by atoms with Gasteiger partial charge in [0, 0.05) is 6.54 Å². The molecule has 2 N–H and O–H groups in total.